The Morgan fingerprint density at radius 3 is 2.53 bits per heavy atom. The Kier molecular flexibility index (Phi) is 6.40. The number of carbonyl (C=O) groups excluding carboxylic acids is 1. The Morgan fingerprint density at radius 1 is 1.00 bits per heavy atom. The van der Waals surface area contributed by atoms with E-state index in [0.29, 0.717) is 25.2 Å². The third-order valence-electron chi connectivity index (χ3n) is 6.55. The minimum atomic E-state index is -0.378. The normalized spacial score (nSPS) is 16.3. The molecule has 8 heteroatoms. The summed E-state index contributed by atoms with van der Waals surface area (Å²) in [5.41, 5.74) is 3.44. The number of piperazine rings is 1. The lowest BCUT2D eigenvalue weighted by molar-refractivity contribution is 0.205. The Morgan fingerprint density at radius 2 is 1.79 bits per heavy atom. The van der Waals surface area contributed by atoms with Gasteiger partial charge >= 0.3 is 6.03 Å². The zero-order valence-electron chi connectivity index (χ0n) is 19.4. The summed E-state index contributed by atoms with van der Waals surface area (Å²) < 4.78 is 13.6. The average Bonchev–Trinajstić information content (AvgIpc) is 2.88. The number of nitrogens with zero attached hydrogens (tertiary/aromatic N) is 5. The molecule has 2 aliphatic heterocycles. The van der Waals surface area contributed by atoms with Gasteiger partial charge in [0.05, 0.1) is 12.2 Å². The zero-order valence-corrected chi connectivity index (χ0v) is 19.4. The summed E-state index contributed by atoms with van der Waals surface area (Å²) in [4.78, 5) is 29.4. The van der Waals surface area contributed by atoms with Crippen LogP contribution >= 0.6 is 0 Å². The molecule has 34 heavy (non-hydrogen) atoms. The Bertz CT molecular complexity index is 1160. The second-order valence-electron chi connectivity index (χ2n) is 8.70. The molecule has 0 saturated carbocycles. The van der Waals surface area contributed by atoms with Crippen LogP contribution in [0.2, 0.25) is 0 Å². The van der Waals surface area contributed by atoms with Gasteiger partial charge in [-0.3, -0.25) is 0 Å². The van der Waals surface area contributed by atoms with Crippen LogP contribution in [0.15, 0.2) is 54.6 Å². The molecule has 0 aliphatic carbocycles. The van der Waals surface area contributed by atoms with Crippen molar-refractivity contribution in [2.75, 3.05) is 49.5 Å². The molecule has 2 aromatic carbocycles. The lowest BCUT2D eigenvalue weighted by Gasteiger charge is -2.37. The van der Waals surface area contributed by atoms with Gasteiger partial charge in [0.1, 0.15) is 11.6 Å². The van der Waals surface area contributed by atoms with E-state index in [2.05, 4.69) is 22.0 Å². The van der Waals surface area contributed by atoms with E-state index in [-0.39, 0.29) is 11.8 Å². The number of halogens is 1. The number of hydrogen-bond donors (Lipinski definition) is 1. The van der Waals surface area contributed by atoms with E-state index >= 15 is 0 Å². The molecule has 0 unspecified atom stereocenters. The van der Waals surface area contributed by atoms with E-state index in [1.807, 2.05) is 30.3 Å². The van der Waals surface area contributed by atoms with Crippen molar-refractivity contribution in [3.05, 3.63) is 71.7 Å². The van der Waals surface area contributed by atoms with Gasteiger partial charge in [0, 0.05) is 56.0 Å². The molecule has 0 radical (unpaired) electrons. The maximum atomic E-state index is 13.6. The number of fused-ring (bicyclic) bond motifs is 1. The first-order chi connectivity index (χ1) is 16.6. The fraction of sp³-hybridized carbons (Fsp3) is 0.346. The molecule has 1 aromatic heterocycles. The molecule has 1 N–H and O–H groups in total. The molecule has 0 atom stereocenters. The van der Waals surface area contributed by atoms with E-state index in [9.17, 15) is 9.18 Å². The highest BCUT2D eigenvalue weighted by Gasteiger charge is 2.29. The van der Waals surface area contributed by atoms with E-state index in [1.54, 1.807) is 17.0 Å². The maximum Gasteiger partial charge on any atom is 0.322 e. The van der Waals surface area contributed by atoms with E-state index in [0.717, 1.165) is 61.2 Å². The fourth-order valence-electron chi connectivity index (χ4n) is 4.59. The number of aromatic nitrogens is 2. The highest BCUT2D eigenvalue weighted by molar-refractivity contribution is 5.89. The van der Waals surface area contributed by atoms with Gasteiger partial charge < -0.3 is 20.0 Å². The van der Waals surface area contributed by atoms with Gasteiger partial charge in [0.15, 0.2) is 5.82 Å². The molecule has 2 aliphatic rings. The quantitative estimate of drug-likeness (QED) is 0.637. The molecule has 3 heterocycles. The number of hydrogen-bond acceptors (Lipinski definition) is 5. The minimum absolute atomic E-state index is 0.245. The third-order valence-corrected chi connectivity index (χ3v) is 6.55. The SMILES string of the molecule is CCN1CCN(c2nc(-c3ccccc3)nc3c2CN(C(=O)Nc2cccc(F)c2)CC3)CC1. The van der Waals surface area contributed by atoms with Crippen LogP contribution in [0.5, 0.6) is 0 Å². The smallest absolute Gasteiger partial charge is 0.322 e. The van der Waals surface area contributed by atoms with Gasteiger partial charge in [-0.15, -0.1) is 0 Å². The number of urea groups is 1. The lowest BCUT2D eigenvalue weighted by atomic mass is 10.0. The molecule has 7 nitrogen and oxygen atoms in total. The van der Waals surface area contributed by atoms with Crippen LogP contribution in [-0.4, -0.2) is 65.1 Å². The Balaban J connectivity index is 1.44. The second-order valence-corrected chi connectivity index (χ2v) is 8.70. The van der Waals surface area contributed by atoms with Gasteiger partial charge in [-0.05, 0) is 24.7 Å². The van der Waals surface area contributed by atoms with Gasteiger partial charge in [-0.25, -0.2) is 19.2 Å². The van der Waals surface area contributed by atoms with Crippen molar-refractivity contribution >= 4 is 17.5 Å². The van der Waals surface area contributed by atoms with Crippen molar-refractivity contribution in [3.8, 4) is 11.4 Å². The van der Waals surface area contributed by atoms with E-state index < -0.39 is 0 Å². The number of carbonyl (C=O) groups is 1. The molecular weight excluding hydrogens is 431 g/mol. The highest BCUT2D eigenvalue weighted by Crippen LogP contribution is 2.30. The van der Waals surface area contributed by atoms with Crippen LogP contribution in [0.3, 0.4) is 0 Å². The van der Waals surface area contributed by atoms with Gasteiger partial charge in [0.2, 0.25) is 0 Å². The van der Waals surface area contributed by atoms with Crippen molar-refractivity contribution in [3.63, 3.8) is 0 Å². The molecule has 0 bridgehead atoms. The lowest BCUT2D eigenvalue weighted by Crippen LogP contribution is -2.47. The maximum absolute atomic E-state index is 13.6. The Hall–Kier alpha value is -3.52. The fourth-order valence-corrected chi connectivity index (χ4v) is 4.59. The number of likely N-dealkylation sites (N-methyl/N-ethyl adjacent to an activating group) is 1. The van der Waals surface area contributed by atoms with Crippen LogP contribution in [0.1, 0.15) is 18.2 Å². The van der Waals surface area contributed by atoms with E-state index in [1.165, 1.54) is 12.1 Å². The molecular formula is C26H29FN6O. The molecule has 0 spiro atoms. The first-order valence-corrected chi connectivity index (χ1v) is 11.8. The molecule has 2 amide bonds. The van der Waals surface area contributed by atoms with Crippen LogP contribution in [0, 0.1) is 5.82 Å². The third kappa shape index (κ3) is 4.72. The highest BCUT2D eigenvalue weighted by atomic mass is 19.1. The van der Waals surface area contributed by atoms with Crippen molar-refractivity contribution in [1.29, 1.82) is 0 Å². The van der Waals surface area contributed by atoms with Crippen LogP contribution in [0.25, 0.3) is 11.4 Å². The largest absolute Gasteiger partial charge is 0.354 e. The topological polar surface area (TPSA) is 64.6 Å². The minimum Gasteiger partial charge on any atom is -0.354 e. The predicted molar refractivity (Wildman–Crippen MR) is 131 cm³/mol. The van der Waals surface area contributed by atoms with Gasteiger partial charge in [0.25, 0.3) is 0 Å². The summed E-state index contributed by atoms with van der Waals surface area (Å²) >= 11 is 0. The number of amides is 2. The second kappa shape index (κ2) is 9.77. The number of rotatable bonds is 4. The molecule has 1 fully saturated rings. The van der Waals surface area contributed by atoms with Gasteiger partial charge in [-0.2, -0.15) is 0 Å². The summed E-state index contributed by atoms with van der Waals surface area (Å²) in [5, 5.41) is 2.82. The first kappa shape index (κ1) is 22.3. The standard InChI is InChI=1S/C26H29FN6O/c1-2-31-13-15-32(16-14-31)25-22-18-33(26(34)28-21-10-6-9-20(27)17-21)12-11-23(22)29-24(30-25)19-7-4-3-5-8-19/h3-10,17H,2,11-16,18H2,1H3,(H,28,34). The average molecular weight is 461 g/mol. The molecule has 1 saturated heterocycles. The summed E-state index contributed by atoms with van der Waals surface area (Å²) in [6.45, 7) is 7.95. The number of anilines is 2. The van der Waals surface area contributed by atoms with Crippen molar-refractivity contribution in [2.45, 2.75) is 19.9 Å². The summed E-state index contributed by atoms with van der Waals surface area (Å²) in [7, 11) is 0. The van der Waals surface area contributed by atoms with Crippen molar-refractivity contribution in [2.24, 2.45) is 0 Å². The van der Waals surface area contributed by atoms with Crippen LogP contribution in [-0.2, 0) is 13.0 Å². The van der Waals surface area contributed by atoms with E-state index in [4.69, 9.17) is 9.97 Å². The number of nitrogens with one attached hydrogen (secondary N) is 1. The van der Waals surface area contributed by atoms with Crippen LogP contribution < -0.4 is 10.2 Å². The molecule has 176 valence electrons. The first-order valence-electron chi connectivity index (χ1n) is 11.8. The molecule has 5 rings (SSSR count). The van der Waals surface area contributed by atoms with Gasteiger partial charge in [-0.1, -0.05) is 43.3 Å². The summed E-state index contributed by atoms with van der Waals surface area (Å²) in [5.74, 6) is 1.27. The predicted octanol–water partition coefficient (Wildman–Crippen LogP) is 4.01. The summed E-state index contributed by atoms with van der Waals surface area (Å²) in [6, 6.07) is 15.8. The summed E-state index contributed by atoms with van der Waals surface area (Å²) in [6.07, 6.45) is 0.649. The zero-order chi connectivity index (χ0) is 23.5. The van der Waals surface area contributed by atoms with Crippen molar-refractivity contribution < 1.29 is 9.18 Å². The van der Waals surface area contributed by atoms with Crippen LogP contribution in [0.4, 0.5) is 20.7 Å². The molecule has 3 aromatic rings. The number of benzene rings is 2. The Labute approximate surface area is 199 Å². The van der Waals surface area contributed by atoms with Crippen molar-refractivity contribution in [1.82, 2.24) is 19.8 Å². The monoisotopic (exact) mass is 460 g/mol.